The molecular formula is C22H22ClFN2O2. The minimum absolute atomic E-state index is 0.0255. The molecule has 4 rings (SSSR count). The number of carbonyl (C=O) groups is 1. The number of halogens is 2. The van der Waals surface area contributed by atoms with Gasteiger partial charge < -0.3 is 9.64 Å². The minimum Gasteiger partial charge on any atom is -0.494 e. The van der Waals surface area contributed by atoms with E-state index in [0.717, 1.165) is 23.2 Å². The Morgan fingerprint density at radius 3 is 2.75 bits per heavy atom. The molecule has 2 aromatic carbocycles. The Hall–Kier alpha value is -2.40. The Bertz CT molecular complexity index is 1020. The van der Waals surface area contributed by atoms with Crippen molar-refractivity contribution in [2.24, 2.45) is 4.99 Å². The summed E-state index contributed by atoms with van der Waals surface area (Å²) < 4.78 is 19.6. The van der Waals surface area contributed by atoms with Crippen LogP contribution in [0.3, 0.4) is 0 Å². The number of carbonyl (C=O) groups excluding carboxylic acids is 1. The average molecular weight is 401 g/mol. The highest BCUT2D eigenvalue weighted by Gasteiger charge is 2.48. The van der Waals surface area contributed by atoms with E-state index in [2.05, 4.69) is 25.8 Å². The first-order chi connectivity index (χ1) is 13.2. The number of ether oxygens (including phenoxy) is 1. The van der Waals surface area contributed by atoms with Gasteiger partial charge in [-0.1, -0.05) is 18.5 Å². The van der Waals surface area contributed by atoms with Crippen LogP contribution in [0, 0.1) is 5.82 Å². The number of hydrogen-bond donors (Lipinski definition) is 0. The van der Waals surface area contributed by atoms with Crippen LogP contribution < -0.4 is 9.64 Å². The summed E-state index contributed by atoms with van der Waals surface area (Å²) in [5.74, 6) is 0.262. The molecule has 1 amide bonds. The van der Waals surface area contributed by atoms with Crippen molar-refractivity contribution in [2.75, 3.05) is 11.5 Å². The summed E-state index contributed by atoms with van der Waals surface area (Å²) >= 11 is 5.78. The van der Waals surface area contributed by atoms with Gasteiger partial charge in [-0.15, -0.1) is 0 Å². The number of anilines is 1. The van der Waals surface area contributed by atoms with E-state index >= 15 is 0 Å². The van der Waals surface area contributed by atoms with Crippen LogP contribution in [0.5, 0.6) is 5.75 Å². The molecule has 0 radical (unpaired) electrons. The molecule has 2 aliphatic rings. The molecule has 0 N–H and O–H groups in total. The van der Waals surface area contributed by atoms with E-state index in [9.17, 15) is 9.18 Å². The van der Waals surface area contributed by atoms with Crippen molar-refractivity contribution in [3.05, 3.63) is 52.3 Å². The lowest BCUT2D eigenvalue weighted by atomic mass is 9.80. The molecule has 2 aliphatic heterocycles. The van der Waals surface area contributed by atoms with Crippen molar-refractivity contribution in [1.29, 1.82) is 0 Å². The van der Waals surface area contributed by atoms with E-state index in [4.69, 9.17) is 16.3 Å². The predicted molar refractivity (Wildman–Crippen MR) is 110 cm³/mol. The lowest BCUT2D eigenvalue weighted by Gasteiger charge is -2.43. The smallest absolute Gasteiger partial charge is 0.278 e. The molecule has 146 valence electrons. The van der Waals surface area contributed by atoms with Gasteiger partial charge in [-0.3, -0.25) is 4.79 Å². The van der Waals surface area contributed by atoms with Crippen molar-refractivity contribution < 1.29 is 13.9 Å². The van der Waals surface area contributed by atoms with Gasteiger partial charge in [-0.2, -0.15) is 0 Å². The van der Waals surface area contributed by atoms with Gasteiger partial charge in [0.15, 0.2) is 0 Å². The molecule has 28 heavy (non-hydrogen) atoms. The molecule has 0 bridgehead atoms. The Kier molecular flexibility index (Phi) is 4.46. The molecule has 0 saturated heterocycles. The van der Waals surface area contributed by atoms with Crippen molar-refractivity contribution >= 4 is 34.6 Å². The third-order valence-corrected chi connectivity index (χ3v) is 5.70. The molecule has 0 aliphatic carbocycles. The summed E-state index contributed by atoms with van der Waals surface area (Å²) in [5, 5.41) is 0.0255. The highest BCUT2D eigenvalue weighted by Crippen LogP contribution is 2.50. The zero-order valence-electron chi connectivity index (χ0n) is 16.3. The first-order valence-corrected chi connectivity index (χ1v) is 9.80. The van der Waals surface area contributed by atoms with Crippen LogP contribution in [-0.4, -0.2) is 23.8 Å². The molecule has 6 heteroatoms. The summed E-state index contributed by atoms with van der Waals surface area (Å²) in [6.07, 6.45) is 0.837. The zero-order valence-corrected chi connectivity index (χ0v) is 17.1. The second-order valence-electron chi connectivity index (χ2n) is 7.96. The maximum absolute atomic E-state index is 13.9. The topological polar surface area (TPSA) is 41.9 Å². The van der Waals surface area contributed by atoms with Gasteiger partial charge in [0, 0.05) is 17.2 Å². The van der Waals surface area contributed by atoms with Gasteiger partial charge >= 0.3 is 0 Å². The molecular weight excluding hydrogens is 379 g/mol. The standard InChI is InChI=1S/C22H22ClFN2O2/c1-5-28-14-9-15-12(2)11-22(3,4)26-20(15)16(10-14)19(21(26)27)25-13-6-7-17(23)18(24)8-13/h6-10,12H,5,11H2,1-4H3/t12-/m0/s1. The lowest BCUT2D eigenvalue weighted by Crippen LogP contribution is -2.50. The van der Waals surface area contributed by atoms with Gasteiger partial charge in [-0.05, 0) is 62.9 Å². The SMILES string of the molecule is CCOc1cc2c3c(c1)[C@@H](C)CC(C)(C)N3C(=O)C2=Nc1ccc(Cl)c(F)c1. The Morgan fingerprint density at radius 1 is 1.32 bits per heavy atom. The van der Waals surface area contributed by atoms with Gasteiger partial charge in [0.2, 0.25) is 0 Å². The highest BCUT2D eigenvalue weighted by molar-refractivity contribution is 6.55. The van der Waals surface area contributed by atoms with Gasteiger partial charge in [0.05, 0.1) is 23.0 Å². The van der Waals surface area contributed by atoms with Crippen LogP contribution >= 0.6 is 11.6 Å². The predicted octanol–water partition coefficient (Wildman–Crippen LogP) is 5.63. The largest absolute Gasteiger partial charge is 0.494 e. The highest BCUT2D eigenvalue weighted by atomic mass is 35.5. The summed E-state index contributed by atoms with van der Waals surface area (Å²) in [6.45, 7) is 8.75. The van der Waals surface area contributed by atoms with E-state index in [1.807, 2.05) is 24.0 Å². The fraction of sp³-hybridized carbons (Fsp3) is 0.364. The molecule has 0 unspecified atom stereocenters. The third kappa shape index (κ3) is 2.89. The molecule has 2 heterocycles. The summed E-state index contributed by atoms with van der Waals surface area (Å²) in [4.78, 5) is 19.7. The maximum Gasteiger partial charge on any atom is 0.278 e. The quantitative estimate of drug-likeness (QED) is 0.669. The summed E-state index contributed by atoms with van der Waals surface area (Å²) in [7, 11) is 0. The van der Waals surface area contributed by atoms with E-state index in [0.29, 0.717) is 23.8 Å². The van der Waals surface area contributed by atoms with Gasteiger partial charge in [0.1, 0.15) is 17.3 Å². The normalized spacial score (nSPS) is 21.2. The molecule has 1 atom stereocenters. The molecule has 4 nitrogen and oxygen atoms in total. The molecule has 0 spiro atoms. The second kappa shape index (κ2) is 6.59. The minimum atomic E-state index is -0.562. The van der Waals surface area contributed by atoms with Crippen LogP contribution in [0.2, 0.25) is 5.02 Å². The number of nitrogens with zero attached hydrogens (tertiary/aromatic N) is 2. The maximum atomic E-state index is 13.9. The van der Waals surface area contributed by atoms with Crippen molar-refractivity contribution in [3.63, 3.8) is 0 Å². The van der Waals surface area contributed by atoms with Crippen molar-refractivity contribution in [3.8, 4) is 5.75 Å². The van der Waals surface area contributed by atoms with Crippen LogP contribution in [-0.2, 0) is 4.79 Å². The second-order valence-corrected chi connectivity index (χ2v) is 8.37. The lowest BCUT2D eigenvalue weighted by molar-refractivity contribution is -0.113. The molecule has 2 aromatic rings. The Labute approximate surface area is 169 Å². The summed E-state index contributed by atoms with van der Waals surface area (Å²) in [6, 6.07) is 8.17. The number of aliphatic imine (C=N–C) groups is 1. The van der Waals surface area contributed by atoms with E-state index in [1.54, 1.807) is 6.07 Å². The van der Waals surface area contributed by atoms with Crippen LogP contribution in [0.25, 0.3) is 0 Å². The summed E-state index contributed by atoms with van der Waals surface area (Å²) in [5.41, 5.74) is 3.04. The average Bonchev–Trinajstić information content (AvgIpc) is 2.89. The van der Waals surface area contributed by atoms with E-state index in [-0.39, 0.29) is 22.4 Å². The Morgan fingerprint density at radius 2 is 2.07 bits per heavy atom. The van der Waals surface area contributed by atoms with Crippen LogP contribution in [0.4, 0.5) is 15.8 Å². The fourth-order valence-electron chi connectivity index (χ4n) is 4.33. The Balaban J connectivity index is 1.94. The number of benzene rings is 2. The van der Waals surface area contributed by atoms with E-state index in [1.165, 1.54) is 12.1 Å². The monoisotopic (exact) mass is 400 g/mol. The van der Waals surface area contributed by atoms with E-state index < -0.39 is 5.82 Å². The molecule has 0 saturated carbocycles. The first kappa shape index (κ1) is 18.9. The van der Waals surface area contributed by atoms with Crippen LogP contribution in [0.15, 0.2) is 35.3 Å². The first-order valence-electron chi connectivity index (χ1n) is 9.42. The number of amides is 1. The number of rotatable bonds is 3. The van der Waals surface area contributed by atoms with Crippen LogP contribution in [0.1, 0.15) is 51.2 Å². The number of hydrogen-bond acceptors (Lipinski definition) is 3. The molecule has 0 fully saturated rings. The van der Waals surface area contributed by atoms with Gasteiger partial charge in [0.25, 0.3) is 5.91 Å². The fourth-order valence-corrected chi connectivity index (χ4v) is 4.45. The molecule has 0 aromatic heterocycles. The van der Waals surface area contributed by atoms with Crippen molar-refractivity contribution in [1.82, 2.24) is 0 Å². The van der Waals surface area contributed by atoms with Crippen molar-refractivity contribution in [2.45, 2.75) is 45.6 Å². The third-order valence-electron chi connectivity index (χ3n) is 5.39. The zero-order chi connectivity index (χ0) is 20.2. The van der Waals surface area contributed by atoms with Gasteiger partial charge in [-0.25, -0.2) is 9.38 Å².